The van der Waals surface area contributed by atoms with Crippen molar-refractivity contribution in [2.24, 2.45) is 0 Å². The first-order valence-corrected chi connectivity index (χ1v) is 8.62. The second kappa shape index (κ2) is 8.73. The van der Waals surface area contributed by atoms with E-state index in [4.69, 9.17) is 9.26 Å². The van der Waals surface area contributed by atoms with E-state index in [1.807, 2.05) is 35.2 Å². The van der Waals surface area contributed by atoms with E-state index in [0.29, 0.717) is 31.4 Å². The molecule has 1 aromatic heterocycles. The molecule has 2 aromatic rings. The average molecular weight is 344 g/mol. The number of hydrogen-bond acceptors (Lipinski definition) is 6. The van der Waals surface area contributed by atoms with Crippen LogP contribution in [0.25, 0.3) is 0 Å². The van der Waals surface area contributed by atoms with Gasteiger partial charge in [-0.15, -0.1) is 0 Å². The lowest BCUT2D eigenvalue weighted by molar-refractivity contribution is -0.136. The molecule has 0 aliphatic carbocycles. The highest BCUT2D eigenvalue weighted by Crippen LogP contribution is 2.08. The van der Waals surface area contributed by atoms with Crippen LogP contribution in [0.15, 0.2) is 34.9 Å². The van der Waals surface area contributed by atoms with Gasteiger partial charge >= 0.3 is 0 Å². The number of rotatable bonds is 6. The minimum atomic E-state index is 0.0492. The van der Waals surface area contributed by atoms with Crippen molar-refractivity contribution >= 4 is 5.91 Å². The van der Waals surface area contributed by atoms with E-state index in [1.54, 1.807) is 6.92 Å². The molecule has 1 aromatic carbocycles. The van der Waals surface area contributed by atoms with Gasteiger partial charge in [-0.25, -0.2) is 0 Å². The van der Waals surface area contributed by atoms with Crippen molar-refractivity contribution in [1.29, 1.82) is 0 Å². The van der Waals surface area contributed by atoms with Crippen molar-refractivity contribution in [3.8, 4) is 0 Å². The molecule has 25 heavy (non-hydrogen) atoms. The van der Waals surface area contributed by atoms with Crippen LogP contribution in [0.5, 0.6) is 0 Å². The monoisotopic (exact) mass is 344 g/mol. The average Bonchev–Trinajstić information content (AvgIpc) is 2.89. The largest absolute Gasteiger partial charge is 0.367 e. The summed E-state index contributed by atoms with van der Waals surface area (Å²) in [6.07, 6.45) is 0.932. The van der Waals surface area contributed by atoms with Crippen molar-refractivity contribution < 1.29 is 14.1 Å². The Morgan fingerprint density at radius 1 is 1.20 bits per heavy atom. The van der Waals surface area contributed by atoms with Crippen LogP contribution >= 0.6 is 0 Å². The molecule has 0 saturated carbocycles. The number of amides is 1. The van der Waals surface area contributed by atoms with Gasteiger partial charge in [-0.05, 0) is 12.0 Å². The van der Waals surface area contributed by atoms with Gasteiger partial charge < -0.3 is 14.2 Å². The van der Waals surface area contributed by atoms with Crippen LogP contribution in [-0.2, 0) is 22.7 Å². The van der Waals surface area contributed by atoms with E-state index in [0.717, 1.165) is 31.6 Å². The summed E-state index contributed by atoms with van der Waals surface area (Å²) in [5.74, 6) is 1.33. The quantitative estimate of drug-likeness (QED) is 0.793. The van der Waals surface area contributed by atoms with Gasteiger partial charge in [0.25, 0.3) is 0 Å². The van der Waals surface area contributed by atoms with E-state index < -0.39 is 0 Å². The lowest BCUT2D eigenvalue weighted by Crippen LogP contribution is -2.37. The number of carbonyl (C=O) groups excluding carboxylic acids is 1. The Bertz CT molecular complexity index is 674. The van der Waals surface area contributed by atoms with Gasteiger partial charge in [0.05, 0.1) is 13.2 Å². The SMILES string of the molecule is Cc1nc(CN2CCCN(C(=O)COCc3ccccc3)CC2)no1. The van der Waals surface area contributed by atoms with E-state index >= 15 is 0 Å². The molecule has 1 saturated heterocycles. The van der Waals surface area contributed by atoms with Gasteiger partial charge in [0.15, 0.2) is 5.82 Å². The van der Waals surface area contributed by atoms with Gasteiger partial charge in [-0.1, -0.05) is 35.5 Å². The van der Waals surface area contributed by atoms with Crippen molar-refractivity contribution in [1.82, 2.24) is 19.9 Å². The number of nitrogens with zero attached hydrogens (tertiary/aromatic N) is 4. The van der Waals surface area contributed by atoms with Gasteiger partial charge in [-0.3, -0.25) is 9.69 Å². The van der Waals surface area contributed by atoms with E-state index in [-0.39, 0.29) is 12.5 Å². The number of benzene rings is 1. The van der Waals surface area contributed by atoms with Crippen LogP contribution < -0.4 is 0 Å². The van der Waals surface area contributed by atoms with Crippen LogP contribution in [0, 0.1) is 6.92 Å². The fraction of sp³-hybridized carbons (Fsp3) is 0.500. The third-order valence-electron chi connectivity index (χ3n) is 4.21. The fourth-order valence-corrected chi connectivity index (χ4v) is 2.91. The summed E-state index contributed by atoms with van der Waals surface area (Å²) in [6, 6.07) is 9.89. The smallest absolute Gasteiger partial charge is 0.248 e. The van der Waals surface area contributed by atoms with E-state index in [1.165, 1.54) is 0 Å². The molecule has 1 aliphatic rings. The highest BCUT2D eigenvalue weighted by atomic mass is 16.5. The fourth-order valence-electron chi connectivity index (χ4n) is 2.91. The summed E-state index contributed by atoms with van der Waals surface area (Å²) in [5, 5.41) is 3.94. The molecular weight excluding hydrogens is 320 g/mol. The number of carbonyl (C=O) groups is 1. The second-order valence-electron chi connectivity index (χ2n) is 6.22. The lowest BCUT2D eigenvalue weighted by Gasteiger charge is -2.21. The van der Waals surface area contributed by atoms with E-state index in [9.17, 15) is 4.79 Å². The first-order valence-electron chi connectivity index (χ1n) is 8.62. The molecule has 0 bridgehead atoms. The van der Waals surface area contributed by atoms with Crippen molar-refractivity contribution in [2.45, 2.75) is 26.5 Å². The molecule has 1 amide bonds. The third-order valence-corrected chi connectivity index (χ3v) is 4.21. The molecule has 1 fully saturated rings. The molecule has 0 unspecified atom stereocenters. The maximum atomic E-state index is 12.4. The Hall–Kier alpha value is -2.25. The summed E-state index contributed by atoms with van der Waals surface area (Å²) in [6.45, 7) is 6.21. The predicted octanol–water partition coefficient (Wildman–Crippen LogP) is 1.63. The van der Waals surface area contributed by atoms with Crippen LogP contribution in [-0.4, -0.2) is 58.6 Å². The number of aryl methyl sites for hydroxylation is 1. The normalized spacial score (nSPS) is 16.0. The van der Waals surface area contributed by atoms with Crippen molar-refractivity contribution in [3.63, 3.8) is 0 Å². The first-order chi connectivity index (χ1) is 12.2. The van der Waals surface area contributed by atoms with E-state index in [2.05, 4.69) is 15.0 Å². The zero-order valence-electron chi connectivity index (χ0n) is 14.6. The van der Waals surface area contributed by atoms with Crippen LogP contribution in [0.1, 0.15) is 23.7 Å². The van der Waals surface area contributed by atoms with Crippen molar-refractivity contribution in [3.05, 3.63) is 47.6 Å². The molecule has 7 nitrogen and oxygen atoms in total. The standard InChI is InChI=1S/C18H24N4O3/c1-15-19-17(20-25-15)12-21-8-5-9-22(11-10-21)18(23)14-24-13-16-6-3-2-4-7-16/h2-4,6-7H,5,8-14H2,1H3. The molecule has 0 atom stereocenters. The molecular formula is C18H24N4O3. The Morgan fingerprint density at radius 3 is 2.80 bits per heavy atom. The molecule has 7 heteroatoms. The number of aromatic nitrogens is 2. The van der Waals surface area contributed by atoms with Crippen molar-refractivity contribution in [2.75, 3.05) is 32.8 Å². The lowest BCUT2D eigenvalue weighted by atomic mass is 10.2. The molecule has 134 valence electrons. The summed E-state index contributed by atoms with van der Waals surface area (Å²) in [4.78, 5) is 20.7. The van der Waals surface area contributed by atoms with Crippen LogP contribution in [0.4, 0.5) is 0 Å². The number of hydrogen-bond donors (Lipinski definition) is 0. The van der Waals surface area contributed by atoms with Gasteiger partial charge in [0, 0.05) is 33.1 Å². The molecule has 1 aliphatic heterocycles. The Morgan fingerprint density at radius 2 is 2.04 bits per heavy atom. The number of ether oxygens (including phenoxy) is 1. The zero-order chi connectivity index (χ0) is 17.5. The second-order valence-corrected chi connectivity index (χ2v) is 6.22. The van der Waals surface area contributed by atoms with Crippen LogP contribution in [0.3, 0.4) is 0 Å². The zero-order valence-corrected chi connectivity index (χ0v) is 14.6. The first kappa shape index (κ1) is 17.6. The summed E-state index contributed by atoms with van der Waals surface area (Å²) in [5.41, 5.74) is 1.08. The van der Waals surface area contributed by atoms with Gasteiger partial charge in [0.2, 0.25) is 11.8 Å². The maximum absolute atomic E-state index is 12.4. The van der Waals surface area contributed by atoms with Gasteiger partial charge in [0.1, 0.15) is 6.61 Å². The molecule has 3 rings (SSSR count). The maximum Gasteiger partial charge on any atom is 0.248 e. The Balaban J connectivity index is 1.41. The Labute approximate surface area is 147 Å². The van der Waals surface area contributed by atoms with Crippen LogP contribution in [0.2, 0.25) is 0 Å². The molecule has 0 spiro atoms. The molecule has 0 radical (unpaired) electrons. The summed E-state index contributed by atoms with van der Waals surface area (Å²) >= 11 is 0. The highest BCUT2D eigenvalue weighted by molar-refractivity contribution is 5.77. The highest BCUT2D eigenvalue weighted by Gasteiger charge is 2.20. The Kier molecular flexibility index (Phi) is 6.14. The minimum absolute atomic E-state index is 0.0492. The topological polar surface area (TPSA) is 71.7 Å². The third kappa shape index (κ3) is 5.37. The molecule has 0 N–H and O–H groups in total. The van der Waals surface area contributed by atoms with Gasteiger partial charge in [-0.2, -0.15) is 4.98 Å². The minimum Gasteiger partial charge on any atom is -0.367 e. The predicted molar refractivity (Wildman–Crippen MR) is 91.6 cm³/mol. The summed E-state index contributed by atoms with van der Waals surface area (Å²) in [7, 11) is 0. The molecule has 2 heterocycles. The summed E-state index contributed by atoms with van der Waals surface area (Å²) < 4.78 is 10.6.